The van der Waals surface area contributed by atoms with E-state index in [1.165, 1.54) is 5.56 Å². The number of fused-ring (bicyclic) bond motifs is 1. The first-order valence-electron chi connectivity index (χ1n) is 9.65. The molecule has 0 atom stereocenters. The number of para-hydroxylation sites is 2. The molecule has 0 fully saturated rings. The number of amides is 1. The van der Waals surface area contributed by atoms with E-state index in [2.05, 4.69) is 19.1 Å². The molecule has 0 aliphatic heterocycles. The summed E-state index contributed by atoms with van der Waals surface area (Å²) in [6.07, 6.45) is 0.907. The third kappa shape index (κ3) is 4.46. The number of carbonyl (C=O) groups is 1. The number of rotatable bonds is 7. The van der Waals surface area contributed by atoms with Crippen LogP contribution >= 0.6 is 11.3 Å². The third-order valence-electron chi connectivity index (χ3n) is 4.69. The summed E-state index contributed by atoms with van der Waals surface area (Å²) in [4.78, 5) is 19.7. The zero-order valence-corrected chi connectivity index (χ0v) is 17.1. The van der Waals surface area contributed by atoms with Crippen molar-refractivity contribution in [2.24, 2.45) is 0 Å². The molecule has 0 saturated carbocycles. The molecule has 0 aliphatic rings. The van der Waals surface area contributed by atoms with Gasteiger partial charge in [-0.25, -0.2) is 4.98 Å². The zero-order chi connectivity index (χ0) is 20.1. The molecule has 1 aromatic heterocycles. The minimum absolute atomic E-state index is 0.0343. The lowest BCUT2D eigenvalue weighted by Crippen LogP contribution is -2.34. The van der Waals surface area contributed by atoms with E-state index in [0.29, 0.717) is 17.4 Å². The summed E-state index contributed by atoms with van der Waals surface area (Å²) < 4.78 is 6.80. The van der Waals surface area contributed by atoms with Crippen molar-refractivity contribution in [2.75, 3.05) is 11.5 Å². The molecular weight excluding hydrogens is 380 g/mol. The average Bonchev–Trinajstić information content (AvgIpc) is 3.21. The molecule has 0 aliphatic carbocycles. The Hall–Kier alpha value is -3.18. The van der Waals surface area contributed by atoms with Gasteiger partial charge in [0.25, 0.3) is 5.91 Å². The summed E-state index contributed by atoms with van der Waals surface area (Å²) in [6.45, 7) is 2.54. The molecule has 0 saturated heterocycles. The van der Waals surface area contributed by atoms with Gasteiger partial charge in [0, 0.05) is 0 Å². The van der Waals surface area contributed by atoms with Gasteiger partial charge in [0.2, 0.25) is 0 Å². The smallest absolute Gasteiger partial charge is 0.267 e. The Labute approximate surface area is 174 Å². The SMILES string of the molecule is CCc1cccc2sc(N(Cc3ccccc3)C(=O)COc3ccccc3)nc12. The fourth-order valence-corrected chi connectivity index (χ4v) is 4.19. The molecule has 4 aromatic rings. The van der Waals surface area contributed by atoms with Crippen molar-refractivity contribution in [2.45, 2.75) is 19.9 Å². The first kappa shape index (κ1) is 19.2. The van der Waals surface area contributed by atoms with E-state index in [1.807, 2.05) is 66.7 Å². The molecule has 0 spiro atoms. The zero-order valence-electron chi connectivity index (χ0n) is 16.2. The Balaban J connectivity index is 1.63. The van der Waals surface area contributed by atoms with Crippen LogP contribution in [0.25, 0.3) is 10.2 Å². The number of aryl methyl sites for hydroxylation is 1. The molecule has 146 valence electrons. The van der Waals surface area contributed by atoms with Gasteiger partial charge in [0.15, 0.2) is 11.7 Å². The van der Waals surface area contributed by atoms with Crippen molar-refractivity contribution in [1.29, 1.82) is 0 Å². The second-order valence-electron chi connectivity index (χ2n) is 6.68. The predicted molar refractivity (Wildman–Crippen MR) is 119 cm³/mol. The van der Waals surface area contributed by atoms with Crippen LogP contribution in [0.15, 0.2) is 78.9 Å². The van der Waals surface area contributed by atoms with E-state index in [-0.39, 0.29) is 12.5 Å². The Morgan fingerprint density at radius 2 is 1.69 bits per heavy atom. The lowest BCUT2D eigenvalue weighted by Gasteiger charge is -2.20. The molecule has 0 bridgehead atoms. The number of benzene rings is 3. The van der Waals surface area contributed by atoms with Crippen molar-refractivity contribution >= 4 is 32.6 Å². The normalized spacial score (nSPS) is 10.8. The van der Waals surface area contributed by atoms with Gasteiger partial charge in [0.05, 0.1) is 16.8 Å². The third-order valence-corrected chi connectivity index (χ3v) is 5.74. The molecule has 4 nitrogen and oxygen atoms in total. The van der Waals surface area contributed by atoms with E-state index >= 15 is 0 Å². The van der Waals surface area contributed by atoms with Gasteiger partial charge in [-0.1, -0.05) is 78.9 Å². The summed E-state index contributed by atoms with van der Waals surface area (Å²) in [5.41, 5.74) is 3.22. The molecule has 29 heavy (non-hydrogen) atoms. The maximum atomic E-state index is 13.1. The molecule has 1 amide bonds. The van der Waals surface area contributed by atoms with Gasteiger partial charge in [-0.2, -0.15) is 0 Å². The van der Waals surface area contributed by atoms with Crippen molar-refractivity contribution in [3.63, 3.8) is 0 Å². The van der Waals surface area contributed by atoms with Gasteiger partial charge in [0.1, 0.15) is 5.75 Å². The monoisotopic (exact) mass is 402 g/mol. The Morgan fingerprint density at radius 1 is 0.966 bits per heavy atom. The fourth-order valence-electron chi connectivity index (χ4n) is 3.16. The van der Waals surface area contributed by atoms with Crippen LogP contribution in [-0.2, 0) is 17.8 Å². The maximum Gasteiger partial charge on any atom is 0.267 e. The largest absolute Gasteiger partial charge is 0.484 e. The van der Waals surface area contributed by atoms with Gasteiger partial charge in [-0.05, 0) is 35.7 Å². The number of hydrogen-bond acceptors (Lipinski definition) is 4. The molecule has 1 heterocycles. The van der Waals surface area contributed by atoms with Crippen molar-refractivity contribution in [3.05, 3.63) is 90.0 Å². The number of nitrogens with zero attached hydrogens (tertiary/aromatic N) is 2. The van der Waals surface area contributed by atoms with E-state index in [0.717, 1.165) is 22.2 Å². The van der Waals surface area contributed by atoms with Gasteiger partial charge >= 0.3 is 0 Å². The van der Waals surface area contributed by atoms with Crippen LogP contribution in [0.2, 0.25) is 0 Å². The molecule has 0 radical (unpaired) electrons. The minimum atomic E-state index is -0.116. The van der Waals surface area contributed by atoms with Crippen LogP contribution < -0.4 is 9.64 Å². The summed E-state index contributed by atoms with van der Waals surface area (Å²) in [5, 5.41) is 0.700. The molecule has 5 heteroatoms. The summed E-state index contributed by atoms with van der Waals surface area (Å²) in [6, 6.07) is 25.6. The Morgan fingerprint density at radius 3 is 2.41 bits per heavy atom. The second kappa shape index (κ2) is 8.88. The molecule has 0 N–H and O–H groups in total. The van der Waals surface area contributed by atoms with Crippen LogP contribution in [0.5, 0.6) is 5.75 Å². The van der Waals surface area contributed by atoms with E-state index in [1.54, 1.807) is 16.2 Å². The lowest BCUT2D eigenvalue weighted by atomic mass is 10.1. The summed E-state index contributed by atoms with van der Waals surface area (Å²) in [5.74, 6) is 0.563. The fraction of sp³-hybridized carbons (Fsp3) is 0.167. The topological polar surface area (TPSA) is 42.4 Å². The Kier molecular flexibility index (Phi) is 5.86. The van der Waals surface area contributed by atoms with Gasteiger partial charge < -0.3 is 4.74 Å². The standard InChI is InChI=1S/C24H22N2O2S/c1-2-19-12-9-15-21-23(19)25-24(29-21)26(16-18-10-5-3-6-11-18)22(27)17-28-20-13-7-4-8-14-20/h3-15H,2,16-17H2,1H3. The lowest BCUT2D eigenvalue weighted by molar-refractivity contribution is -0.120. The number of hydrogen-bond donors (Lipinski definition) is 0. The van der Waals surface area contributed by atoms with Crippen molar-refractivity contribution < 1.29 is 9.53 Å². The number of ether oxygens (including phenoxy) is 1. The number of aromatic nitrogens is 1. The van der Waals surface area contributed by atoms with E-state index in [4.69, 9.17) is 9.72 Å². The number of carbonyl (C=O) groups excluding carboxylic acids is 1. The van der Waals surface area contributed by atoms with Gasteiger partial charge in [-0.15, -0.1) is 0 Å². The van der Waals surface area contributed by atoms with Crippen LogP contribution in [0.1, 0.15) is 18.1 Å². The minimum Gasteiger partial charge on any atom is -0.484 e. The first-order valence-corrected chi connectivity index (χ1v) is 10.5. The first-order chi connectivity index (χ1) is 14.2. The average molecular weight is 403 g/mol. The highest BCUT2D eigenvalue weighted by molar-refractivity contribution is 7.22. The highest BCUT2D eigenvalue weighted by Gasteiger charge is 2.21. The van der Waals surface area contributed by atoms with Crippen molar-refractivity contribution in [3.8, 4) is 5.75 Å². The number of thiazole rings is 1. The highest BCUT2D eigenvalue weighted by Crippen LogP contribution is 2.32. The second-order valence-corrected chi connectivity index (χ2v) is 7.69. The summed E-state index contributed by atoms with van der Waals surface area (Å²) >= 11 is 1.54. The van der Waals surface area contributed by atoms with Crippen LogP contribution in [0.3, 0.4) is 0 Å². The maximum absolute atomic E-state index is 13.1. The Bertz CT molecular complexity index is 1090. The van der Waals surface area contributed by atoms with E-state index < -0.39 is 0 Å². The highest BCUT2D eigenvalue weighted by atomic mass is 32.1. The summed E-state index contributed by atoms with van der Waals surface area (Å²) in [7, 11) is 0. The molecule has 0 unspecified atom stereocenters. The van der Waals surface area contributed by atoms with E-state index in [9.17, 15) is 4.79 Å². The van der Waals surface area contributed by atoms with Crippen LogP contribution in [0, 0.1) is 0 Å². The molecule has 3 aromatic carbocycles. The van der Waals surface area contributed by atoms with Crippen LogP contribution in [0.4, 0.5) is 5.13 Å². The van der Waals surface area contributed by atoms with Crippen molar-refractivity contribution in [1.82, 2.24) is 4.98 Å². The predicted octanol–water partition coefficient (Wildman–Crippen LogP) is 5.47. The van der Waals surface area contributed by atoms with Crippen LogP contribution in [-0.4, -0.2) is 17.5 Å². The quantitative estimate of drug-likeness (QED) is 0.412. The van der Waals surface area contributed by atoms with Gasteiger partial charge in [-0.3, -0.25) is 9.69 Å². The molecular formula is C24H22N2O2S. The molecule has 4 rings (SSSR count). The number of anilines is 1.